The Morgan fingerprint density at radius 3 is 2.68 bits per heavy atom. The van der Waals surface area contributed by atoms with Gasteiger partial charge in [0.2, 0.25) is 0 Å². The van der Waals surface area contributed by atoms with E-state index in [1.165, 1.54) is 6.42 Å². The van der Waals surface area contributed by atoms with Gasteiger partial charge in [-0.25, -0.2) is 0 Å². The molecular formula is C15H25N5O2. The number of carbonyl (C=O) groups is 1. The molecule has 22 heavy (non-hydrogen) atoms. The van der Waals surface area contributed by atoms with Crippen molar-refractivity contribution in [2.45, 2.75) is 38.8 Å². The van der Waals surface area contributed by atoms with E-state index in [1.54, 1.807) is 0 Å². The van der Waals surface area contributed by atoms with Crippen molar-refractivity contribution in [3.63, 3.8) is 0 Å². The Labute approximate surface area is 131 Å². The Bertz CT molecular complexity index is 524. The minimum atomic E-state index is -0.332. The largest absolute Gasteiger partial charge is 0.366 e. The summed E-state index contributed by atoms with van der Waals surface area (Å²) in [5.41, 5.74) is 0. The number of hydrogen-bond acceptors (Lipinski definition) is 5. The van der Waals surface area contributed by atoms with Gasteiger partial charge in [-0.1, -0.05) is 0 Å². The second-order valence-corrected chi connectivity index (χ2v) is 6.20. The SMILES string of the molecule is Cc1nnc(CN2CCOC(C(=O)N3CCCCC3)C2)n1C. The first-order valence-corrected chi connectivity index (χ1v) is 8.13. The fraction of sp³-hybridized carbons (Fsp3) is 0.800. The van der Waals surface area contributed by atoms with Gasteiger partial charge in [0, 0.05) is 33.2 Å². The summed E-state index contributed by atoms with van der Waals surface area (Å²) in [4.78, 5) is 16.8. The summed E-state index contributed by atoms with van der Waals surface area (Å²) in [6.45, 7) is 6.48. The van der Waals surface area contributed by atoms with Crippen LogP contribution in [0.4, 0.5) is 0 Å². The van der Waals surface area contributed by atoms with Gasteiger partial charge in [-0.3, -0.25) is 9.69 Å². The molecule has 3 heterocycles. The van der Waals surface area contributed by atoms with Crippen molar-refractivity contribution in [2.24, 2.45) is 7.05 Å². The van der Waals surface area contributed by atoms with Crippen LogP contribution in [0.15, 0.2) is 0 Å². The molecule has 122 valence electrons. The van der Waals surface area contributed by atoms with Crippen molar-refractivity contribution in [3.05, 3.63) is 11.6 Å². The monoisotopic (exact) mass is 307 g/mol. The maximum absolute atomic E-state index is 12.6. The Hall–Kier alpha value is -1.47. The third kappa shape index (κ3) is 3.30. The minimum absolute atomic E-state index is 0.151. The molecule has 0 bridgehead atoms. The first-order valence-electron chi connectivity index (χ1n) is 8.13. The van der Waals surface area contributed by atoms with E-state index >= 15 is 0 Å². The number of ether oxygens (including phenoxy) is 1. The molecule has 1 amide bonds. The molecular weight excluding hydrogens is 282 g/mol. The third-order valence-electron chi connectivity index (χ3n) is 4.64. The fourth-order valence-electron chi connectivity index (χ4n) is 3.10. The first kappa shape index (κ1) is 15.4. The van der Waals surface area contributed by atoms with Gasteiger partial charge in [0.25, 0.3) is 5.91 Å². The van der Waals surface area contributed by atoms with Crippen molar-refractivity contribution >= 4 is 5.91 Å². The van der Waals surface area contributed by atoms with Gasteiger partial charge in [0.1, 0.15) is 17.8 Å². The number of aromatic nitrogens is 3. The molecule has 2 saturated heterocycles. The van der Waals surface area contributed by atoms with Crippen LogP contribution in [0.3, 0.4) is 0 Å². The average Bonchev–Trinajstić information content (AvgIpc) is 2.87. The van der Waals surface area contributed by atoms with Crippen LogP contribution < -0.4 is 0 Å². The van der Waals surface area contributed by atoms with Crippen LogP contribution in [-0.4, -0.2) is 69.4 Å². The zero-order valence-corrected chi connectivity index (χ0v) is 13.5. The van der Waals surface area contributed by atoms with Crippen LogP contribution >= 0.6 is 0 Å². The molecule has 7 nitrogen and oxygen atoms in total. The van der Waals surface area contributed by atoms with Crippen LogP contribution in [0, 0.1) is 6.92 Å². The molecule has 0 radical (unpaired) electrons. The Kier molecular flexibility index (Phi) is 4.73. The standard InChI is InChI=1S/C15H25N5O2/c1-12-16-17-14(18(12)2)11-19-8-9-22-13(10-19)15(21)20-6-4-3-5-7-20/h13H,3-11H2,1-2H3. The first-order chi connectivity index (χ1) is 10.6. The van der Waals surface area contributed by atoms with E-state index < -0.39 is 0 Å². The number of rotatable bonds is 3. The molecule has 7 heteroatoms. The topological polar surface area (TPSA) is 63.5 Å². The molecule has 3 rings (SSSR count). The highest BCUT2D eigenvalue weighted by molar-refractivity contribution is 5.81. The quantitative estimate of drug-likeness (QED) is 0.805. The summed E-state index contributed by atoms with van der Waals surface area (Å²) < 4.78 is 7.72. The van der Waals surface area contributed by atoms with Gasteiger partial charge in [0.15, 0.2) is 0 Å². The lowest BCUT2D eigenvalue weighted by molar-refractivity contribution is -0.150. The van der Waals surface area contributed by atoms with Gasteiger partial charge in [0.05, 0.1) is 13.2 Å². The van der Waals surface area contributed by atoms with Crippen LogP contribution in [0.5, 0.6) is 0 Å². The molecule has 0 spiro atoms. The van der Waals surface area contributed by atoms with Gasteiger partial charge in [-0.15, -0.1) is 10.2 Å². The summed E-state index contributed by atoms with van der Waals surface area (Å²) >= 11 is 0. The predicted molar refractivity (Wildman–Crippen MR) is 81.2 cm³/mol. The van der Waals surface area contributed by atoms with Crippen molar-refractivity contribution in [1.82, 2.24) is 24.6 Å². The summed E-state index contributed by atoms with van der Waals surface area (Å²) in [5.74, 6) is 1.99. The molecule has 0 saturated carbocycles. The third-order valence-corrected chi connectivity index (χ3v) is 4.64. The average molecular weight is 307 g/mol. The molecule has 2 fully saturated rings. The van der Waals surface area contributed by atoms with Crippen molar-refractivity contribution in [2.75, 3.05) is 32.8 Å². The number of piperidine rings is 1. The van der Waals surface area contributed by atoms with Gasteiger partial charge in [-0.2, -0.15) is 0 Å². The van der Waals surface area contributed by atoms with E-state index in [9.17, 15) is 4.79 Å². The summed E-state index contributed by atoms with van der Waals surface area (Å²) in [6.07, 6.45) is 3.12. The maximum Gasteiger partial charge on any atom is 0.253 e. The number of hydrogen-bond donors (Lipinski definition) is 0. The number of morpholine rings is 1. The second-order valence-electron chi connectivity index (χ2n) is 6.20. The molecule has 1 aromatic rings. The van der Waals surface area contributed by atoms with Gasteiger partial charge >= 0.3 is 0 Å². The van der Waals surface area contributed by atoms with Crippen LogP contribution in [0.2, 0.25) is 0 Å². The zero-order valence-electron chi connectivity index (χ0n) is 13.5. The molecule has 2 aliphatic rings. The van der Waals surface area contributed by atoms with Crippen molar-refractivity contribution in [1.29, 1.82) is 0 Å². The molecule has 2 aliphatic heterocycles. The molecule has 0 aliphatic carbocycles. The van der Waals surface area contributed by atoms with E-state index in [4.69, 9.17) is 4.74 Å². The summed E-state index contributed by atoms with van der Waals surface area (Å²) in [5, 5.41) is 8.29. The lowest BCUT2D eigenvalue weighted by Gasteiger charge is -2.36. The highest BCUT2D eigenvalue weighted by Gasteiger charge is 2.31. The smallest absolute Gasteiger partial charge is 0.253 e. The molecule has 1 atom stereocenters. The molecule has 0 N–H and O–H groups in total. The Morgan fingerprint density at radius 2 is 2.00 bits per heavy atom. The lowest BCUT2D eigenvalue weighted by atomic mass is 10.1. The zero-order chi connectivity index (χ0) is 15.5. The van der Waals surface area contributed by atoms with Crippen LogP contribution in [0.25, 0.3) is 0 Å². The number of amides is 1. The number of likely N-dealkylation sites (tertiary alicyclic amines) is 1. The predicted octanol–water partition coefficient (Wildman–Crippen LogP) is 0.337. The van der Waals surface area contributed by atoms with Gasteiger partial charge in [-0.05, 0) is 26.2 Å². The van der Waals surface area contributed by atoms with Crippen molar-refractivity contribution in [3.8, 4) is 0 Å². The van der Waals surface area contributed by atoms with Gasteiger partial charge < -0.3 is 14.2 Å². The normalized spacial score (nSPS) is 23.7. The number of carbonyl (C=O) groups excluding carboxylic acids is 1. The molecule has 1 aromatic heterocycles. The fourth-order valence-corrected chi connectivity index (χ4v) is 3.10. The second kappa shape index (κ2) is 6.75. The highest BCUT2D eigenvalue weighted by atomic mass is 16.5. The number of nitrogens with zero attached hydrogens (tertiary/aromatic N) is 5. The minimum Gasteiger partial charge on any atom is -0.366 e. The highest BCUT2D eigenvalue weighted by Crippen LogP contribution is 2.15. The van der Waals surface area contributed by atoms with Crippen LogP contribution in [0.1, 0.15) is 30.9 Å². The molecule has 0 aromatic carbocycles. The lowest BCUT2D eigenvalue weighted by Crippen LogP contribution is -2.51. The summed E-state index contributed by atoms with van der Waals surface area (Å²) in [6, 6.07) is 0. The number of aryl methyl sites for hydroxylation is 1. The van der Waals surface area contributed by atoms with E-state index in [-0.39, 0.29) is 12.0 Å². The van der Waals surface area contributed by atoms with Crippen molar-refractivity contribution < 1.29 is 9.53 Å². The Balaban J connectivity index is 1.59. The van der Waals surface area contributed by atoms with E-state index in [0.29, 0.717) is 19.7 Å². The summed E-state index contributed by atoms with van der Waals surface area (Å²) in [7, 11) is 1.97. The van der Waals surface area contributed by atoms with E-state index in [1.807, 2.05) is 23.4 Å². The van der Waals surface area contributed by atoms with Crippen LogP contribution in [-0.2, 0) is 23.1 Å². The van der Waals surface area contributed by atoms with E-state index in [2.05, 4.69) is 15.1 Å². The maximum atomic E-state index is 12.6. The molecule has 1 unspecified atom stereocenters. The van der Waals surface area contributed by atoms with E-state index in [0.717, 1.165) is 44.1 Å². The Morgan fingerprint density at radius 1 is 1.23 bits per heavy atom.